The van der Waals surface area contributed by atoms with Crippen molar-refractivity contribution in [3.8, 4) is 5.75 Å². The number of hydrogen-bond donors (Lipinski definition) is 2. The van der Waals surface area contributed by atoms with Crippen LogP contribution in [0.15, 0.2) is 42.5 Å². The van der Waals surface area contributed by atoms with E-state index in [4.69, 9.17) is 4.74 Å². The van der Waals surface area contributed by atoms with Gasteiger partial charge in [0.1, 0.15) is 18.5 Å². The number of β-amino-alcohol motifs (C(OH)–C–C–N with tert-alkyl or cyclic N) is 1. The maximum atomic E-state index is 12.3. The summed E-state index contributed by atoms with van der Waals surface area (Å²) in [5, 5.41) is 13.6. The van der Waals surface area contributed by atoms with E-state index in [0.717, 1.165) is 42.8 Å². The van der Waals surface area contributed by atoms with Gasteiger partial charge >= 0.3 is 0 Å². The molecule has 5 heteroatoms. The summed E-state index contributed by atoms with van der Waals surface area (Å²) in [4.78, 5) is 14.5. The lowest BCUT2D eigenvalue weighted by atomic mass is 10.0. The average molecular weight is 397 g/mol. The number of aliphatic hydroxyl groups excluding tert-OH is 1. The van der Waals surface area contributed by atoms with E-state index >= 15 is 0 Å². The lowest BCUT2D eigenvalue weighted by Crippen LogP contribution is -2.47. The van der Waals surface area contributed by atoms with Crippen molar-refractivity contribution in [2.75, 3.05) is 26.2 Å². The molecule has 0 aliphatic carbocycles. The summed E-state index contributed by atoms with van der Waals surface area (Å²) >= 11 is 0. The Hall–Kier alpha value is -2.37. The van der Waals surface area contributed by atoms with Gasteiger partial charge in [-0.15, -0.1) is 0 Å². The number of likely N-dealkylation sites (tertiary alicyclic amines) is 1. The first-order chi connectivity index (χ1) is 13.9. The van der Waals surface area contributed by atoms with Crippen LogP contribution in [0, 0.1) is 20.8 Å². The maximum absolute atomic E-state index is 12.3. The van der Waals surface area contributed by atoms with Crippen LogP contribution in [0.25, 0.3) is 0 Å². The van der Waals surface area contributed by atoms with Gasteiger partial charge in [0, 0.05) is 31.2 Å². The number of nitrogens with one attached hydrogen (secondary N) is 1. The predicted molar refractivity (Wildman–Crippen MR) is 116 cm³/mol. The molecule has 5 nitrogen and oxygen atoms in total. The molecule has 156 valence electrons. The quantitative estimate of drug-likeness (QED) is 0.754. The van der Waals surface area contributed by atoms with Gasteiger partial charge in [0.15, 0.2) is 0 Å². The monoisotopic (exact) mass is 396 g/mol. The standard InChI is InChI=1S/C24H32N2O3/c1-17-9-10-18(2)23(19(17)3)29-16-22(27)15-26-13-11-21(12-14-26)25-24(28)20-7-5-4-6-8-20/h4-10,21-22,27H,11-16H2,1-3H3,(H,25,28). The van der Waals surface area contributed by atoms with Gasteiger partial charge in [-0.25, -0.2) is 0 Å². The molecule has 2 aromatic rings. The zero-order valence-corrected chi connectivity index (χ0v) is 17.6. The van der Waals surface area contributed by atoms with Gasteiger partial charge in [-0.05, 0) is 62.4 Å². The largest absolute Gasteiger partial charge is 0.490 e. The molecule has 0 bridgehead atoms. The van der Waals surface area contributed by atoms with Crippen LogP contribution in [0.3, 0.4) is 0 Å². The number of rotatable bonds is 7. The number of aryl methyl sites for hydroxylation is 2. The van der Waals surface area contributed by atoms with Crippen LogP contribution >= 0.6 is 0 Å². The van der Waals surface area contributed by atoms with Crippen molar-refractivity contribution in [2.24, 2.45) is 0 Å². The van der Waals surface area contributed by atoms with Gasteiger partial charge in [-0.2, -0.15) is 0 Å². The highest BCUT2D eigenvalue weighted by molar-refractivity contribution is 5.94. The van der Waals surface area contributed by atoms with Gasteiger partial charge in [-0.3, -0.25) is 4.79 Å². The molecule has 0 spiro atoms. The maximum Gasteiger partial charge on any atom is 0.251 e. The van der Waals surface area contributed by atoms with E-state index in [-0.39, 0.29) is 18.6 Å². The Balaban J connectivity index is 1.41. The highest BCUT2D eigenvalue weighted by atomic mass is 16.5. The first-order valence-electron chi connectivity index (χ1n) is 10.4. The fourth-order valence-corrected chi connectivity index (χ4v) is 3.80. The predicted octanol–water partition coefficient (Wildman–Crippen LogP) is 3.25. The van der Waals surface area contributed by atoms with E-state index in [0.29, 0.717) is 12.1 Å². The number of carbonyl (C=O) groups excluding carboxylic acids is 1. The Morgan fingerprint density at radius 3 is 2.45 bits per heavy atom. The van der Waals surface area contributed by atoms with Crippen LogP contribution in [0.5, 0.6) is 5.75 Å². The number of aliphatic hydroxyl groups is 1. The van der Waals surface area contributed by atoms with Crippen molar-refractivity contribution < 1.29 is 14.6 Å². The van der Waals surface area contributed by atoms with Crippen molar-refractivity contribution in [2.45, 2.75) is 45.8 Å². The first kappa shape index (κ1) is 21.3. The number of piperidine rings is 1. The molecule has 29 heavy (non-hydrogen) atoms. The Morgan fingerprint density at radius 1 is 1.10 bits per heavy atom. The van der Waals surface area contributed by atoms with Gasteiger partial charge in [0.2, 0.25) is 0 Å². The smallest absolute Gasteiger partial charge is 0.251 e. The van der Waals surface area contributed by atoms with E-state index in [1.807, 2.05) is 37.3 Å². The second-order valence-corrected chi connectivity index (χ2v) is 8.03. The Kier molecular flexibility index (Phi) is 7.29. The molecule has 1 aliphatic rings. The molecule has 1 amide bonds. The van der Waals surface area contributed by atoms with Crippen molar-refractivity contribution >= 4 is 5.91 Å². The van der Waals surface area contributed by atoms with Crippen molar-refractivity contribution in [1.29, 1.82) is 0 Å². The SMILES string of the molecule is Cc1ccc(C)c(OCC(O)CN2CCC(NC(=O)c3ccccc3)CC2)c1C. The first-order valence-corrected chi connectivity index (χ1v) is 10.4. The van der Waals surface area contributed by atoms with Crippen molar-refractivity contribution in [1.82, 2.24) is 10.2 Å². The summed E-state index contributed by atoms with van der Waals surface area (Å²) in [6.07, 6.45) is 1.24. The van der Waals surface area contributed by atoms with E-state index < -0.39 is 6.10 Å². The second-order valence-electron chi connectivity index (χ2n) is 8.03. The minimum atomic E-state index is -0.537. The van der Waals surface area contributed by atoms with E-state index in [9.17, 15) is 9.90 Å². The fourth-order valence-electron chi connectivity index (χ4n) is 3.80. The molecule has 1 fully saturated rings. The molecule has 1 aliphatic heterocycles. The van der Waals surface area contributed by atoms with Crippen LogP contribution in [0.2, 0.25) is 0 Å². The Labute approximate surface area is 173 Å². The van der Waals surface area contributed by atoms with Crippen molar-refractivity contribution in [3.05, 3.63) is 64.7 Å². The Morgan fingerprint density at radius 2 is 1.76 bits per heavy atom. The molecule has 2 aromatic carbocycles. The normalized spacial score (nSPS) is 16.4. The topological polar surface area (TPSA) is 61.8 Å². The van der Waals surface area contributed by atoms with Gasteiger partial charge in [0.05, 0.1) is 0 Å². The summed E-state index contributed by atoms with van der Waals surface area (Å²) < 4.78 is 5.94. The van der Waals surface area contributed by atoms with Gasteiger partial charge in [0.25, 0.3) is 5.91 Å². The molecule has 1 heterocycles. The summed E-state index contributed by atoms with van der Waals surface area (Å²) in [6.45, 7) is 8.75. The second kappa shape index (κ2) is 9.90. The third-order valence-electron chi connectivity index (χ3n) is 5.72. The van der Waals surface area contributed by atoms with Crippen LogP contribution in [0.1, 0.15) is 39.9 Å². The number of nitrogens with zero attached hydrogens (tertiary/aromatic N) is 1. The van der Waals surface area contributed by atoms with Gasteiger partial charge in [-0.1, -0.05) is 30.3 Å². The molecular formula is C24H32N2O3. The van der Waals surface area contributed by atoms with Crippen LogP contribution in [-0.2, 0) is 0 Å². The molecule has 0 saturated carbocycles. The summed E-state index contributed by atoms with van der Waals surface area (Å²) in [5.74, 6) is 0.868. The van der Waals surface area contributed by atoms with E-state index in [1.165, 1.54) is 5.56 Å². The van der Waals surface area contributed by atoms with Crippen LogP contribution in [0.4, 0.5) is 0 Å². The minimum Gasteiger partial charge on any atom is -0.490 e. The zero-order chi connectivity index (χ0) is 20.8. The third-order valence-corrected chi connectivity index (χ3v) is 5.72. The molecule has 0 radical (unpaired) electrons. The average Bonchev–Trinajstić information content (AvgIpc) is 2.73. The fraction of sp³-hybridized carbons (Fsp3) is 0.458. The molecule has 1 unspecified atom stereocenters. The van der Waals surface area contributed by atoms with Crippen molar-refractivity contribution in [3.63, 3.8) is 0 Å². The Bertz CT molecular complexity index is 814. The number of amides is 1. The summed E-state index contributed by atoms with van der Waals surface area (Å²) in [5.41, 5.74) is 4.12. The minimum absolute atomic E-state index is 0.0126. The lowest BCUT2D eigenvalue weighted by molar-refractivity contribution is 0.0564. The van der Waals surface area contributed by atoms with Crippen LogP contribution < -0.4 is 10.1 Å². The third kappa shape index (κ3) is 5.81. The number of benzene rings is 2. The van der Waals surface area contributed by atoms with Crippen LogP contribution in [-0.4, -0.2) is 54.3 Å². The van der Waals surface area contributed by atoms with Gasteiger partial charge < -0.3 is 20.1 Å². The highest BCUT2D eigenvalue weighted by Gasteiger charge is 2.23. The number of ether oxygens (including phenoxy) is 1. The molecule has 1 saturated heterocycles. The molecule has 2 N–H and O–H groups in total. The number of hydrogen-bond acceptors (Lipinski definition) is 4. The summed E-state index contributed by atoms with van der Waals surface area (Å²) in [6, 6.07) is 13.7. The lowest BCUT2D eigenvalue weighted by Gasteiger charge is -2.33. The highest BCUT2D eigenvalue weighted by Crippen LogP contribution is 2.25. The summed E-state index contributed by atoms with van der Waals surface area (Å²) in [7, 11) is 0. The molecule has 0 aromatic heterocycles. The van der Waals surface area contributed by atoms with E-state index in [2.05, 4.69) is 36.2 Å². The molecular weight excluding hydrogens is 364 g/mol. The zero-order valence-electron chi connectivity index (χ0n) is 17.6. The molecule has 1 atom stereocenters. The van der Waals surface area contributed by atoms with E-state index in [1.54, 1.807) is 0 Å². The molecule has 3 rings (SSSR count). The number of carbonyl (C=O) groups is 1.